The van der Waals surface area contributed by atoms with Gasteiger partial charge in [0.2, 0.25) is 0 Å². The van der Waals surface area contributed by atoms with E-state index in [0.717, 1.165) is 6.42 Å². The summed E-state index contributed by atoms with van der Waals surface area (Å²) >= 11 is 0. The van der Waals surface area contributed by atoms with Crippen LogP contribution in [-0.4, -0.2) is 0 Å². The van der Waals surface area contributed by atoms with Crippen LogP contribution in [0.5, 0.6) is 0 Å². The fourth-order valence-electron chi connectivity index (χ4n) is 1.55. The highest BCUT2D eigenvalue weighted by Gasteiger charge is 2.21. The van der Waals surface area contributed by atoms with E-state index in [0.29, 0.717) is 5.41 Å². The standard InChI is InChI=1S/C10H16/c1-3-7-10(2)8-5-4-6-9-10/h3-5H,1,6-9H2,2H3. The van der Waals surface area contributed by atoms with Crippen LogP contribution in [0.1, 0.15) is 32.6 Å². The van der Waals surface area contributed by atoms with Crippen LogP contribution in [0.3, 0.4) is 0 Å². The Bertz CT molecular complexity index is 144. The average Bonchev–Trinajstić information content (AvgIpc) is 1.89. The first-order chi connectivity index (χ1) is 4.77. The Kier molecular flexibility index (Phi) is 2.31. The van der Waals surface area contributed by atoms with Crippen LogP contribution in [0, 0.1) is 5.41 Å². The molecule has 0 amide bonds. The third kappa shape index (κ3) is 1.73. The zero-order valence-corrected chi connectivity index (χ0v) is 6.77. The molecule has 56 valence electrons. The Hall–Kier alpha value is -0.520. The predicted molar refractivity (Wildman–Crippen MR) is 45.9 cm³/mol. The lowest BCUT2D eigenvalue weighted by molar-refractivity contribution is 0.296. The van der Waals surface area contributed by atoms with E-state index in [9.17, 15) is 0 Å². The summed E-state index contributed by atoms with van der Waals surface area (Å²) in [6.45, 7) is 6.12. The molecule has 0 aromatic carbocycles. The number of hydrogen-bond donors (Lipinski definition) is 0. The monoisotopic (exact) mass is 136 g/mol. The van der Waals surface area contributed by atoms with Crippen molar-refractivity contribution in [2.45, 2.75) is 32.6 Å². The fourth-order valence-corrected chi connectivity index (χ4v) is 1.55. The Labute approximate surface area is 63.6 Å². The van der Waals surface area contributed by atoms with Crippen LogP contribution in [0.2, 0.25) is 0 Å². The molecular formula is C10H16. The highest BCUT2D eigenvalue weighted by Crippen LogP contribution is 2.35. The van der Waals surface area contributed by atoms with Crippen molar-refractivity contribution in [3.8, 4) is 0 Å². The molecule has 10 heavy (non-hydrogen) atoms. The fraction of sp³-hybridized carbons (Fsp3) is 0.600. The van der Waals surface area contributed by atoms with Crippen molar-refractivity contribution in [1.29, 1.82) is 0 Å². The first-order valence-corrected chi connectivity index (χ1v) is 4.03. The molecule has 0 fully saturated rings. The smallest absolute Gasteiger partial charge is 0.0254 e. The van der Waals surface area contributed by atoms with Crippen molar-refractivity contribution in [1.82, 2.24) is 0 Å². The van der Waals surface area contributed by atoms with Crippen LogP contribution in [0.25, 0.3) is 0 Å². The Morgan fingerprint density at radius 2 is 2.40 bits per heavy atom. The maximum absolute atomic E-state index is 3.78. The topological polar surface area (TPSA) is 0 Å². The largest absolute Gasteiger partial charge is 0.103 e. The van der Waals surface area contributed by atoms with Gasteiger partial charge in [0.15, 0.2) is 0 Å². The van der Waals surface area contributed by atoms with Gasteiger partial charge in [-0.3, -0.25) is 0 Å². The van der Waals surface area contributed by atoms with Crippen molar-refractivity contribution in [2.24, 2.45) is 5.41 Å². The van der Waals surface area contributed by atoms with Gasteiger partial charge in [0.1, 0.15) is 0 Å². The Balaban J connectivity index is 2.50. The Morgan fingerprint density at radius 1 is 1.60 bits per heavy atom. The molecule has 0 saturated carbocycles. The molecule has 1 atom stereocenters. The van der Waals surface area contributed by atoms with Gasteiger partial charge in [-0.25, -0.2) is 0 Å². The number of allylic oxidation sites excluding steroid dienone is 3. The van der Waals surface area contributed by atoms with Crippen molar-refractivity contribution in [3.05, 3.63) is 24.8 Å². The van der Waals surface area contributed by atoms with Crippen molar-refractivity contribution < 1.29 is 0 Å². The minimum absolute atomic E-state index is 0.524. The summed E-state index contributed by atoms with van der Waals surface area (Å²) in [6, 6.07) is 0. The summed E-state index contributed by atoms with van der Waals surface area (Å²) in [5.74, 6) is 0. The molecule has 1 unspecified atom stereocenters. The molecule has 0 heterocycles. The molecule has 0 bridgehead atoms. The van der Waals surface area contributed by atoms with E-state index in [1.54, 1.807) is 0 Å². The Morgan fingerprint density at radius 3 is 2.90 bits per heavy atom. The van der Waals surface area contributed by atoms with Gasteiger partial charge in [-0.1, -0.05) is 25.2 Å². The lowest BCUT2D eigenvalue weighted by Gasteiger charge is -2.29. The maximum atomic E-state index is 3.78. The molecule has 1 aliphatic carbocycles. The number of rotatable bonds is 2. The third-order valence-corrected chi connectivity index (χ3v) is 2.33. The molecule has 1 rings (SSSR count). The van der Waals surface area contributed by atoms with Gasteiger partial charge in [0.05, 0.1) is 0 Å². The van der Waals surface area contributed by atoms with Gasteiger partial charge in [0.25, 0.3) is 0 Å². The van der Waals surface area contributed by atoms with Crippen LogP contribution < -0.4 is 0 Å². The number of hydrogen-bond acceptors (Lipinski definition) is 0. The molecule has 0 aliphatic heterocycles. The van der Waals surface area contributed by atoms with E-state index in [1.807, 2.05) is 6.08 Å². The van der Waals surface area contributed by atoms with Crippen molar-refractivity contribution in [3.63, 3.8) is 0 Å². The molecule has 0 aromatic rings. The first-order valence-electron chi connectivity index (χ1n) is 4.03. The van der Waals surface area contributed by atoms with E-state index < -0.39 is 0 Å². The zero-order valence-electron chi connectivity index (χ0n) is 6.77. The molecule has 1 aliphatic rings. The lowest BCUT2D eigenvalue weighted by atomic mass is 9.76. The summed E-state index contributed by atoms with van der Waals surface area (Å²) in [6.07, 6.45) is 11.6. The second-order valence-corrected chi connectivity index (χ2v) is 3.52. The summed E-state index contributed by atoms with van der Waals surface area (Å²) in [5.41, 5.74) is 0.524. The van der Waals surface area contributed by atoms with E-state index in [1.165, 1.54) is 19.3 Å². The minimum Gasteiger partial charge on any atom is -0.103 e. The molecular weight excluding hydrogens is 120 g/mol. The maximum Gasteiger partial charge on any atom is -0.0254 e. The molecule has 0 N–H and O–H groups in total. The van der Waals surface area contributed by atoms with E-state index in [4.69, 9.17) is 0 Å². The molecule has 0 saturated heterocycles. The normalized spacial score (nSPS) is 32.1. The molecule has 0 spiro atoms. The van der Waals surface area contributed by atoms with Gasteiger partial charge in [-0.05, 0) is 31.1 Å². The summed E-state index contributed by atoms with van der Waals surface area (Å²) in [5, 5.41) is 0. The van der Waals surface area contributed by atoms with Gasteiger partial charge in [-0.2, -0.15) is 0 Å². The zero-order chi connectivity index (χ0) is 7.45. The third-order valence-electron chi connectivity index (χ3n) is 2.33. The predicted octanol–water partition coefficient (Wildman–Crippen LogP) is 3.31. The van der Waals surface area contributed by atoms with Crippen molar-refractivity contribution >= 4 is 0 Å². The SMILES string of the molecule is C=CCC1(C)CC=CCC1. The molecule has 0 heteroatoms. The molecule has 0 aromatic heterocycles. The molecule has 0 radical (unpaired) electrons. The summed E-state index contributed by atoms with van der Waals surface area (Å²) in [4.78, 5) is 0. The van der Waals surface area contributed by atoms with Crippen LogP contribution in [0.15, 0.2) is 24.8 Å². The van der Waals surface area contributed by atoms with E-state index >= 15 is 0 Å². The summed E-state index contributed by atoms with van der Waals surface area (Å²) in [7, 11) is 0. The average molecular weight is 136 g/mol. The molecule has 0 nitrogen and oxygen atoms in total. The van der Waals surface area contributed by atoms with Crippen molar-refractivity contribution in [2.75, 3.05) is 0 Å². The highest BCUT2D eigenvalue weighted by molar-refractivity contribution is 4.98. The van der Waals surface area contributed by atoms with Gasteiger partial charge >= 0.3 is 0 Å². The minimum atomic E-state index is 0.524. The van der Waals surface area contributed by atoms with Gasteiger partial charge in [0, 0.05) is 0 Å². The van der Waals surface area contributed by atoms with Gasteiger partial charge < -0.3 is 0 Å². The second kappa shape index (κ2) is 3.05. The first kappa shape index (κ1) is 7.59. The van der Waals surface area contributed by atoms with E-state index in [-0.39, 0.29) is 0 Å². The second-order valence-electron chi connectivity index (χ2n) is 3.52. The van der Waals surface area contributed by atoms with Crippen LogP contribution >= 0.6 is 0 Å². The van der Waals surface area contributed by atoms with Gasteiger partial charge in [-0.15, -0.1) is 6.58 Å². The quantitative estimate of drug-likeness (QED) is 0.511. The van der Waals surface area contributed by atoms with Crippen LogP contribution in [0.4, 0.5) is 0 Å². The highest BCUT2D eigenvalue weighted by atomic mass is 14.3. The lowest BCUT2D eigenvalue weighted by Crippen LogP contribution is -2.16. The van der Waals surface area contributed by atoms with E-state index in [2.05, 4.69) is 25.7 Å². The summed E-state index contributed by atoms with van der Waals surface area (Å²) < 4.78 is 0. The van der Waals surface area contributed by atoms with Crippen LogP contribution in [-0.2, 0) is 0 Å².